The molecule has 1 saturated heterocycles. The standard InChI is InChI=1S/C17H25N3O3/c1-16(2,3)13-8-11(19-20-13)10-18-15(22)12-9-14(21)23-17(12)6-4-5-7-17/h8,12H,4-7,9-10H2,1-3H3,(H,18,22)(H,19,20). The maximum Gasteiger partial charge on any atom is 0.307 e. The highest BCUT2D eigenvalue weighted by Crippen LogP contribution is 2.45. The van der Waals surface area contributed by atoms with Crippen molar-refractivity contribution in [3.8, 4) is 0 Å². The molecule has 126 valence electrons. The molecule has 3 rings (SSSR count). The molecule has 0 radical (unpaired) electrons. The fourth-order valence-electron chi connectivity index (χ4n) is 3.59. The average molecular weight is 319 g/mol. The lowest BCUT2D eigenvalue weighted by atomic mass is 9.85. The summed E-state index contributed by atoms with van der Waals surface area (Å²) in [6.07, 6.45) is 3.84. The maximum atomic E-state index is 12.6. The second-order valence-electron chi connectivity index (χ2n) is 7.75. The third kappa shape index (κ3) is 3.12. The van der Waals surface area contributed by atoms with E-state index < -0.39 is 5.60 Å². The summed E-state index contributed by atoms with van der Waals surface area (Å²) in [5.41, 5.74) is 1.26. The molecule has 1 saturated carbocycles. The first-order chi connectivity index (χ1) is 10.8. The zero-order chi connectivity index (χ0) is 16.7. The molecule has 2 aliphatic rings. The molecular formula is C17H25N3O3. The lowest BCUT2D eigenvalue weighted by Crippen LogP contribution is -2.42. The molecule has 6 heteroatoms. The highest BCUT2D eigenvalue weighted by Gasteiger charge is 2.53. The number of H-pyrrole nitrogens is 1. The second-order valence-corrected chi connectivity index (χ2v) is 7.75. The van der Waals surface area contributed by atoms with Crippen LogP contribution in [0.5, 0.6) is 0 Å². The maximum absolute atomic E-state index is 12.6. The van der Waals surface area contributed by atoms with E-state index >= 15 is 0 Å². The summed E-state index contributed by atoms with van der Waals surface area (Å²) in [5.74, 6) is -0.698. The summed E-state index contributed by atoms with van der Waals surface area (Å²) in [6.45, 7) is 6.67. The minimum Gasteiger partial charge on any atom is -0.458 e. The minimum atomic E-state index is -0.550. The normalized spacial score (nSPS) is 23.3. The van der Waals surface area contributed by atoms with Crippen LogP contribution in [0.1, 0.15) is 64.3 Å². The van der Waals surface area contributed by atoms with Crippen molar-refractivity contribution in [1.29, 1.82) is 0 Å². The Morgan fingerprint density at radius 3 is 2.74 bits per heavy atom. The first-order valence-corrected chi connectivity index (χ1v) is 8.34. The predicted octanol–water partition coefficient (Wildman–Crippen LogP) is 2.20. The van der Waals surface area contributed by atoms with Gasteiger partial charge in [-0.1, -0.05) is 20.8 Å². The first-order valence-electron chi connectivity index (χ1n) is 8.34. The Labute approximate surface area is 136 Å². The number of carbonyl (C=O) groups excluding carboxylic acids is 2. The molecule has 1 spiro atoms. The lowest BCUT2D eigenvalue weighted by molar-refractivity contribution is -0.149. The molecule has 1 aliphatic carbocycles. The Morgan fingerprint density at radius 2 is 2.13 bits per heavy atom. The van der Waals surface area contributed by atoms with Gasteiger partial charge in [0.2, 0.25) is 5.91 Å². The van der Waals surface area contributed by atoms with E-state index in [1.54, 1.807) is 0 Å². The zero-order valence-electron chi connectivity index (χ0n) is 14.1. The topological polar surface area (TPSA) is 84.1 Å². The van der Waals surface area contributed by atoms with Crippen LogP contribution in [0.15, 0.2) is 6.07 Å². The quantitative estimate of drug-likeness (QED) is 0.837. The van der Waals surface area contributed by atoms with Crippen LogP contribution in [0.3, 0.4) is 0 Å². The molecule has 6 nitrogen and oxygen atoms in total. The molecule has 2 fully saturated rings. The molecule has 1 atom stereocenters. The van der Waals surface area contributed by atoms with Crippen molar-refractivity contribution in [2.75, 3.05) is 0 Å². The summed E-state index contributed by atoms with van der Waals surface area (Å²) in [6, 6.07) is 1.97. The van der Waals surface area contributed by atoms with Crippen LogP contribution in [-0.4, -0.2) is 27.7 Å². The molecule has 1 unspecified atom stereocenters. The van der Waals surface area contributed by atoms with Crippen LogP contribution in [-0.2, 0) is 26.3 Å². The molecule has 1 amide bonds. The van der Waals surface area contributed by atoms with E-state index in [4.69, 9.17) is 4.74 Å². The van der Waals surface area contributed by atoms with Crippen molar-refractivity contribution < 1.29 is 14.3 Å². The van der Waals surface area contributed by atoms with E-state index in [0.717, 1.165) is 37.1 Å². The van der Waals surface area contributed by atoms with Gasteiger partial charge in [-0.3, -0.25) is 14.7 Å². The first kappa shape index (κ1) is 16.0. The molecule has 1 aromatic rings. The fourth-order valence-corrected chi connectivity index (χ4v) is 3.59. The number of carbonyl (C=O) groups is 2. The van der Waals surface area contributed by atoms with Gasteiger partial charge in [0.25, 0.3) is 0 Å². The molecule has 1 aromatic heterocycles. The van der Waals surface area contributed by atoms with Crippen molar-refractivity contribution >= 4 is 11.9 Å². The number of amides is 1. The highest BCUT2D eigenvalue weighted by molar-refractivity contribution is 5.87. The number of hydrogen-bond acceptors (Lipinski definition) is 4. The highest BCUT2D eigenvalue weighted by atomic mass is 16.6. The number of nitrogens with zero attached hydrogens (tertiary/aromatic N) is 1. The van der Waals surface area contributed by atoms with Crippen LogP contribution < -0.4 is 5.32 Å². The molecule has 1 aliphatic heterocycles. The zero-order valence-corrected chi connectivity index (χ0v) is 14.1. The van der Waals surface area contributed by atoms with Crippen molar-refractivity contribution in [3.63, 3.8) is 0 Å². The van der Waals surface area contributed by atoms with E-state index in [1.165, 1.54) is 0 Å². The fraction of sp³-hybridized carbons (Fsp3) is 0.706. The Hall–Kier alpha value is -1.85. The number of hydrogen-bond donors (Lipinski definition) is 2. The van der Waals surface area contributed by atoms with Gasteiger partial charge in [0.15, 0.2) is 0 Å². The van der Waals surface area contributed by atoms with E-state index in [0.29, 0.717) is 6.54 Å². The van der Waals surface area contributed by atoms with Crippen LogP contribution in [0.25, 0.3) is 0 Å². The molecule has 23 heavy (non-hydrogen) atoms. The predicted molar refractivity (Wildman–Crippen MR) is 84.5 cm³/mol. The summed E-state index contributed by atoms with van der Waals surface area (Å²) in [5, 5.41) is 10.2. The largest absolute Gasteiger partial charge is 0.458 e. The van der Waals surface area contributed by atoms with Gasteiger partial charge in [0, 0.05) is 5.41 Å². The van der Waals surface area contributed by atoms with Crippen molar-refractivity contribution in [2.45, 2.75) is 70.4 Å². The van der Waals surface area contributed by atoms with Crippen LogP contribution in [0.4, 0.5) is 0 Å². The molecule has 0 aromatic carbocycles. The average Bonchev–Trinajstić information content (AvgIpc) is 3.17. The Kier molecular flexibility index (Phi) is 3.94. The summed E-state index contributed by atoms with van der Waals surface area (Å²) in [7, 11) is 0. The number of aromatic nitrogens is 2. The van der Waals surface area contributed by atoms with E-state index in [-0.39, 0.29) is 29.6 Å². The number of aromatic amines is 1. The third-order valence-corrected chi connectivity index (χ3v) is 4.94. The molecule has 0 bridgehead atoms. The van der Waals surface area contributed by atoms with Crippen molar-refractivity contribution in [2.24, 2.45) is 5.92 Å². The molecule has 2 N–H and O–H groups in total. The SMILES string of the molecule is CC(C)(C)c1cc(CNC(=O)C2CC(=O)OC23CCCC3)[nH]n1. The Balaban J connectivity index is 1.63. The third-order valence-electron chi connectivity index (χ3n) is 4.94. The number of rotatable bonds is 3. The van der Waals surface area contributed by atoms with E-state index in [1.807, 2.05) is 6.07 Å². The molecule has 2 heterocycles. The van der Waals surface area contributed by atoms with E-state index in [2.05, 4.69) is 36.3 Å². The van der Waals surface area contributed by atoms with Crippen LogP contribution >= 0.6 is 0 Å². The minimum absolute atomic E-state index is 0.0294. The lowest BCUT2D eigenvalue weighted by Gasteiger charge is -2.27. The van der Waals surface area contributed by atoms with Crippen LogP contribution in [0.2, 0.25) is 0 Å². The Bertz CT molecular complexity index is 609. The van der Waals surface area contributed by atoms with Gasteiger partial charge in [-0.25, -0.2) is 0 Å². The monoisotopic (exact) mass is 319 g/mol. The van der Waals surface area contributed by atoms with Gasteiger partial charge in [-0.05, 0) is 31.7 Å². The number of nitrogens with one attached hydrogen (secondary N) is 2. The Morgan fingerprint density at radius 1 is 1.43 bits per heavy atom. The van der Waals surface area contributed by atoms with Gasteiger partial charge in [-0.2, -0.15) is 5.10 Å². The van der Waals surface area contributed by atoms with Crippen molar-refractivity contribution in [3.05, 3.63) is 17.5 Å². The number of esters is 1. The van der Waals surface area contributed by atoms with E-state index in [9.17, 15) is 9.59 Å². The van der Waals surface area contributed by atoms with Crippen LogP contribution in [0, 0.1) is 5.92 Å². The second kappa shape index (κ2) is 5.65. The summed E-state index contributed by atoms with van der Waals surface area (Å²) < 4.78 is 5.52. The number of ether oxygens (including phenoxy) is 1. The smallest absolute Gasteiger partial charge is 0.307 e. The summed E-state index contributed by atoms with van der Waals surface area (Å²) in [4.78, 5) is 24.2. The van der Waals surface area contributed by atoms with Crippen molar-refractivity contribution in [1.82, 2.24) is 15.5 Å². The van der Waals surface area contributed by atoms with Gasteiger partial charge in [-0.15, -0.1) is 0 Å². The van der Waals surface area contributed by atoms with Gasteiger partial charge in [0.1, 0.15) is 5.60 Å². The van der Waals surface area contributed by atoms with Gasteiger partial charge in [0.05, 0.1) is 30.3 Å². The van der Waals surface area contributed by atoms with Gasteiger partial charge < -0.3 is 10.1 Å². The molecular weight excluding hydrogens is 294 g/mol. The van der Waals surface area contributed by atoms with Gasteiger partial charge >= 0.3 is 5.97 Å². The summed E-state index contributed by atoms with van der Waals surface area (Å²) >= 11 is 0.